The molecule has 1 aromatic rings. The summed E-state index contributed by atoms with van der Waals surface area (Å²) in [6, 6.07) is 6.26. The lowest BCUT2D eigenvalue weighted by Gasteiger charge is -2.32. The van der Waals surface area contributed by atoms with Crippen LogP contribution >= 0.6 is 11.3 Å². The maximum atomic E-state index is 10.9. The number of ether oxygens (including phenoxy) is 1. The topological polar surface area (TPSA) is 50.1 Å². The van der Waals surface area contributed by atoms with Crippen molar-refractivity contribution in [1.82, 2.24) is 0 Å². The quantitative estimate of drug-likeness (QED) is 0.460. The van der Waals surface area contributed by atoms with Gasteiger partial charge >= 0.3 is 0 Å². The van der Waals surface area contributed by atoms with Gasteiger partial charge in [0.15, 0.2) is 6.29 Å². The maximum Gasteiger partial charge on any atom is 0.160 e. The van der Waals surface area contributed by atoms with Gasteiger partial charge in [0.1, 0.15) is 0 Å². The molecule has 0 saturated heterocycles. The maximum absolute atomic E-state index is 10.9. The molecular formula is C19H29NO2S. The first kappa shape index (κ1) is 19.9. The Morgan fingerprint density at radius 3 is 2.35 bits per heavy atom. The minimum Gasteiger partial charge on any atom is -0.375 e. The molecule has 0 fully saturated rings. The van der Waals surface area contributed by atoms with E-state index in [1.807, 2.05) is 6.07 Å². The number of nitriles is 1. The second-order valence-electron chi connectivity index (χ2n) is 7.27. The molecule has 128 valence electrons. The van der Waals surface area contributed by atoms with Gasteiger partial charge in [0.2, 0.25) is 0 Å². The van der Waals surface area contributed by atoms with Crippen LogP contribution in [0.3, 0.4) is 0 Å². The highest BCUT2D eigenvalue weighted by Crippen LogP contribution is 2.40. The summed E-state index contributed by atoms with van der Waals surface area (Å²) in [5.41, 5.74) is -0.696. The highest BCUT2D eigenvalue weighted by molar-refractivity contribution is 7.13. The summed E-state index contributed by atoms with van der Waals surface area (Å²) in [6.45, 7) is 13.3. The van der Waals surface area contributed by atoms with Crippen molar-refractivity contribution in [3.63, 3.8) is 0 Å². The van der Waals surface area contributed by atoms with Crippen molar-refractivity contribution >= 4 is 17.6 Å². The Kier molecular flexibility index (Phi) is 6.98. The summed E-state index contributed by atoms with van der Waals surface area (Å²) >= 11 is 1.43. The van der Waals surface area contributed by atoms with Crippen LogP contribution < -0.4 is 0 Å². The van der Waals surface area contributed by atoms with Crippen molar-refractivity contribution in [2.24, 2.45) is 11.8 Å². The summed E-state index contributed by atoms with van der Waals surface area (Å²) in [6.07, 6.45) is 2.43. The summed E-state index contributed by atoms with van der Waals surface area (Å²) in [4.78, 5) is 12.6. The lowest BCUT2D eigenvalue weighted by Crippen LogP contribution is -2.33. The Hall–Kier alpha value is -1.18. The van der Waals surface area contributed by atoms with Gasteiger partial charge in [-0.1, -0.05) is 27.7 Å². The number of hydrogen-bond donors (Lipinski definition) is 0. The third kappa shape index (κ3) is 4.65. The summed E-state index contributed by atoms with van der Waals surface area (Å²) in [5, 5.41) is 9.86. The first-order valence-corrected chi connectivity index (χ1v) is 9.12. The zero-order chi connectivity index (χ0) is 17.7. The third-order valence-electron chi connectivity index (χ3n) is 4.95. The van der Waals surface area contributed by atoms with E-state index in [-0.39, 0.29) is 11.5 Å². The molecule has 4 heteroatoms. The van der Waals surface area contributed by atoms with Gasteiger partial charge < -0.3 is 4.74 Å². The fourth-order valence-electron chi connectivity index (χ4n) is 2.45. The van der Waals surface area contributed by atoms with Crippen LogP contribution in [0.4, 0.5) is 0 Å². The molecule has 0 bridgehead atoms. The molecule has 0 radical (unpaired) electrons. The number of aldehydes is 1. The van der Waals surface area contributed by atoms with Crippen LogP contribution in [0.5, 0.6) is 0 Å². The van der Waals surface area contributed by atoms with Gasteiger partial charge in [0.05, 0.1) is 22.0 Å². The van der Waals surface area contributed by atoms with E-state index in [9.17, 15) is 10.1 Å². The average Bonchev–Trinajstić information content (AvgIpc) is 2.96. The summed E-state index contributed by atoms with van der Waals surface area (Å²) in [5.74, 6) is 0.629. The average molecular weight is 336 g/mol. The highest BCUT2D eigenvalue weighted by Gasteiger charge is 2.37. The normalized spacial score (nSPS) is 14.7. The molecule has 0 aliphatic heterocycles. The van der Waals surface area contributed by atoms with Gasteiger partial charge in [-0.2, -0.15) is 5.26 Å². The van der Waals surface area contributed by atoms with E-state index in [0.29, 0.717) is 17.4 Å². The van der Waals surface area contributed by atoms with E-state index >= 15 is 0 Å². The zero-order valence-corrected chi connectivity index (χ0v) is 16.0. The number of carbonyl (C=O) groups is 1. The van der Waals surface area contributed by atoms with Crippen LogP contribution in [0.1, 0.15) is 68.9 Å². The third-order valence-corrected chi connectivity index (χ3v) is 6.14. The zero-order valence-electron chi connectivity index (χ0n) is 15.2. The number of hydrogen-bond acceptors (Lipinski definition) is 4. The van der Waals surface area contributed by atoms with E-state index in [4.69, 9.17) is 4.74 Å². The van der Waals surface area contributed by atoms with Crippen LogP contribution in [0.2, 0.25) is 0 Å². The number of rotatable bonds is 9. The Balaban J connectivity index is 2.81. The van der Waals surface area contributed by atoms with Crippen molar-refractivity contribution < 1.29 is 9.53 Å². The Bertz CT molecular complexity index is 554. The van der Waals surface area contributed by atoms with Crippen LogP contribution in [-0.4, -0.2) is 18.5 Å². The monoisotopic (exact) mass is 335 g/mol. The van der Waals surface area contributed by atoms with Crippen molar-refractivity contribution in [1.29, 1.82) is 5.26 Å². The van der Waals surface area contributed by atoms with Crippen molar-refractivity contribution in [3.8, 4) is 6.07 Å². The van der Waals surface area contributed by atoms with Gasteiger partial charge in [0.25, 0.3) is 0 Å². The fraction of sp³-hybridized carbons (Fsp3) is 0.684. The molecule has 0 saturated carbocycles. The molecule has 3 nitrogen and oxygen atoms in total. The summed E-state index contributed by atoms with van der Waals surface area (Å²) in [7, 11) is 0. The molecule has 1 atom stereocenters. The van der Waals surface area contributed by atoms with Crippen molar-refractivity contribution in [2.45, 2.75) is 65.4 Å². The Labute approximate surface area is 144 Å². The van der Waals surface area contributed by atoms with E-state index < -0.39 is 5.41 Å². The Morgan fingerprint density at radius 2 is 1.91 bits per heavy atom. The second kappa shape index (κ2) is 8.08. The van der Waals surface area contributed by atoms with Gasteiger partial charge in [-0.25, -0.2) is 0 Å². The van der Waals surface area contributed by atoms with E-state index in [1.165, 1.54) is 11.3 Å². The van der Waals surface area contributed by atoms with Crippen LogP contribution in [0.25, 0.3) is 0 Å². The predicted molar refractivity (Wildman–Crippen MR) is 95.9 cm³/mol. The number of nitrogens with zero attached hydrogens (tertiary/aromatic N) is 1. The molecule has 23 heavy (non-hydrogen) atoms. The first-order valence-electron chi connectivity index (χ1n) is 8.30. The first-order chi connectivity index (χ1) is 10.7. The van der Waals surface area contributed by atoms with Gasteiger partial charge in [-0.15, -0.1) is 11.3 Å². The lowest BCUT2D eigenvalue weighted by atomic mass is 9.74. The highest BCUT2D eigenvalue weighted by atomic mass is 32.1. The molecule has 1 unspecified atom stereocenters. The van der Waals surface area contributed by atoms with E-state index in [1.54, 1.807) is 6.07 Å². The van der Waals surface area contributed by atoms with Crippen LogP contribution in [0.15, 0.2) is 12.1 Å². The van der Waals surface area contributed by atoms with E-state index in [2.05, 4.69) is 47.6 Å². The SMILES string of the molecule is CC(C)C(C)(C)OCCCC(C#N)(c1ccc(C=O)s1)C(C)C. The predicted octanol–water partition coefficient (Wildman–Crippen LogP) is 5.21. The number of thiophene rings is 1. The molecule has 1 heterocycles. The molecule has 0 N–H and O–H groups in total. The molecule has 0 aromatic carbocycles. The molecule has 0 aliphatic carbocycles. The molecule has 0 aliphatic rings. The minimum atomic E-state index is -0.544. The second-order valence-corrected chi connectivity index (χ2v) is 8.38. The summed E-state index contributed by atoms with van der Waals surface area (Å²) < 4.78 is 6.01. The minimum absolute atomic E-state index is 0.152. The largest absolute Gasteiger partial charge is 0.375 e. The van der Waals surface area contributed by atoms with Crippen LogP contribution in [-0.2, 0) is 10.2 Å². The smallest absolute Gasteiger partial charge is 0.160 e. The van der Waals surface area contributed by atoms with Gasteiger partial charge in [-0.3, -0.25) is 4.79 Å². The lowest BCUT2D eigenvalue weighted by molar-refractivity contribution is -0.0526. The van der Waals surface area contributed by atoms with E-state index in [0.717, 1.165) is 24.0 Å². The molecule has 0 spiro atoms. The van der Waals surface area contributed by atoms with Crippen molar-refractivity contribution in [2.75, 3.05) is 6.61 Å². The van der Waals surface area contributed by atoms with Gasteiger partial charge in [-0.05, 0) is 50.7 Å². The van der Waals surface area contributed by atoms with Crippen LogP contribution in [0, 0.1) is 23.2 Å². The Morgan fingerprint density at radius 1 is 1.26 bits per heavy atom. The van der Waals surface area contributed by atoms with Gasteiger partial charge in [0, 0.05) is 11.5 Å². The fourth-order valence-corrected chi connectivity index (χ4v) is 3.59. The van der Waals surface area contributed by atoms with Crippen molar-refractivity contribution in [3.05, 3.63) is 21.9 Å². The standard InChI is InChI=1S/C19H29NO2S/c1-14(2)18(5,6)22-11-7-10-19(13-20,15(3)4)17-9-8-16(12-21)23-17/h8-9,12,14-15H,7,10-11H2,1-6H3. The molecule has 1 rings (SSSR count). The molecule has 0 amide bonds. The molecular weight excluding hydrogens is 306 g/mol. The molecule has 1 aromatic heterocycles. The number of carbonyl (C=O) groups excluding carboxylic acids is 1.